The SMILES string of the molecule is CCCCCNC(=O)C(Cc1ccccc1)N(Cc1ccc(F)cc1)C(=O)COc1ccc(S(=O)(=O)N2CCOCC2)cc1. The summed E-state index contributed by atoms with van der Waals surface area (Å²) in [5, 5.41) is 2.99. The van der Waals surface area contributed by atoms with Crippen LogP contribution < -0.4 is 10.1 Å². The standard InChI is InChI=1S/C33H40FN3O6S/c1-2-3-7-18-35-33(39)31(23-26-8-5-4-6-9-26)37(24-27-10-12-28(34)13-11-27)32(38)25-43-29-14-16-30(17-15-29)44(40,41)36-19-21-42-22-20-36/h4-6,8-17,31H,2-3,7,18-25H2,1H3,(H,35,39). The highest BCUT2D eigenvalue weighted by Gasteiger charge is 2.31. The largest absolute Gasteiger partial charge is 0.484 e. The van der Waals surface area contributed by atoms with Crippen molar-refractivity contribution in [3.05, 3.63) is 95.8 Å². The number of morpholine rings is 1. The summed E-state index contributed by atoms with van der Waals surface area (Å²) in [7, 11) is -3.67. The molecule has 0 radical (unpaired) electrons. The van der Waals surface area contributed by atoms with Gasteiger partial charge in [0.05, 0.1) is 18.1 Å². The molecule has 1 atom stereocenters. The fourth-order valence-corrected chi connectivity index (χ4v) is 6.32. The highest BCUT2D eigenvalue weighted by Crippen LogP contribution is 2.21. The van der Waals surface area contributed by atoms with Gasteiger partial charge in [0.2, 0.25) is 15.9 Å². The van der Waals surface area contributed by atoms with Crippen LogP contribution in [0.3, 0.4) is 0 Å². The summed E-state index contributed by atoms with van der Waals surface area (Å²) in [6.45, 7) is 3.53. The molecule has 1 N–H and O–H groups in total. The van der Waals surface area contributed by atoms with Crippen LogP contribution in [0.5, 0.6) is 5.75 Å². The lowest BCUT2D eigenvalue weighted by Crippen LogP contribution is -2.51. The number of ether oxygens (including phenoxy) is 2. The Hall–Kier alpha value is -3.80. The molecule has 236 valence electrons. The first kappa shape index (κ1) is 33.1. The number of nitrogens with one attached hydrogen (secondary N) is 1. The van der Waals surface area contributed by atoms with E-state index in [1.165, 1.54) is 45.6 Å². The van der Waals surface area contributed by atoms with Crippen LogP contribution in [0.1, 0.15) is 37.3 Å². The van der Waals surface area contributed by atoms with Gasteiger partial charge in [-0.25, -0.2) is 12.8 Å². The number of hydrogen-bond acceptors (Lipinski definition) is 6. The zero-order chi connectivity index (χ0) is 31.4. The number of sulfonamides is 1. The monoisotopic (exact) mass is 625 g/mol. The van der Waals surface area contributed by atoms with Crippen LogP contribution in [0, 0.1) is 5.82 Å². The Bertz CT molecular complexity index is 1450. The van der Waals surface area contributed by atoms with E-state index < -0.39 is 27.8 Å². The number of carbonyl (C=O) groups is 2. The minimum absolute atomic E-state index is 0.0685. The van der Waals surface area contributed by atoms with Crippen molar-refractivity contribution in [1.82, 2.24) is 14.5 Å². The maximum absolute atomic E-state index is 13.8. The van der Waals surface area contributed by atoms with Gasteiger partial charge in [-0.3, -0.25) is 9.59 Å². The first-order valence-corrected chi connectivity index (χ1v) is 16.4. The number of benzene rings is 3. The smallest absolute Gasteiger partial charge is 0.261 e. The summed E-state index contributed by atoms with van der Waals surface area (Å²) >= 11 is 0. The van der Waals surface area contributed by atoms with Crippen molar-refractivity contribution in [2.24, 2.45) is 0 Å². The molecule has 0 aromatic heterocycles. The Labute approximate surface area is 259 Å². The third-order valence-corrected chi connectivity index (χ3v) is 9.32. The molecule has 1 unspecified atom stereocenters. The van der Waals surface area contributed by atoms with Crippen molar-refractivity contribution >= 4 is 21.8 Å². The second-order valence-electron chi connectivity index (χ2n) is 10.6. The van der Waals surface area contributed by atoms with Crippen molar-refractivity contribution in [2.75, 3.05) is 39.5 Å². The second-order valence-corrected chi connectivity index (χ2v) is 12.6. The number of nitrogens with zero attached hydrogens (tertiary/aromatic N) is 2. The average Bonchev–Trinajstić information content (AvgIpc) is 3.05. The molecule has 2 amide bonds. The molecule has 44 heavy (non-hydrogen) atoms. The van der Waals surface area contributed by atoms with Gasteiger partial charge < -0.3 is 19.7 Å². The molecule has 0 saturated carbocycles. The molecule has 11 heteroatoms. The molecule has 9 nitrogen and oxygen atoms in total. The summed E-state index contributed by atoms with van der Waals surface area (Å²) in [6.07, 6.45) is 3.09. The number of rotatable bonds is 15. The van der Waals surface area contributed by atoms with Crippen molar-refractivity contribution < 1.29 is 31.9 Å². The predicted molar refractivity (Wildman–Crippen MR) is 165 cm³/mol. The fourth-order valence-electron chi connectivity index (χ4n) is 4.92. The van der Waals surface area contributed by atoms with Crippen molar-refractivity contribution in [3.63, 3.8) is 0 Å². The predicted octanol–water partition coefficient (Wildman–Crippen LogP) is 4.17. The Morgan fingerprint density at radius 1 is 0.955 bits per heavy atom. The maximum atomic E-state index is 13.8. The van der Waals surface area contributed by atoms with Crippen LogP contribution in [-0.4, -0.2) is 74.9 Å². The van der Waals surface area contributed by atoms with Crippen LogP contribution in [0.15, 0.2) is 83.8 Å². The van der Waals surface area contributed by atoms with Crippen LogP contribution >= 0.6 is 0 Å². The van der Waals surface area contributed by atoms with Gasteiger partial charge in [0.15, 0.2) is 6.61 Å². The van der Waals surface area contributed by atoms with Gasteiger partial charge in [-0.2, -0.15) is 4.31 Å². The van der Waals surface area contributed by atoms with E-state index in [1.807, 2.05) is 30.3 Å². The number of unbranched alkanes of at least 4 members (excludes halogenated alkanes) is 2. The van der Waals surface area contributed by atoms with E-state index in [2.05, 4.69) is 12.2 Å². The van der Waals surface area contributed by atoms with Crippen molar-refractivity contribution in [3.8, 4) is 5.75 Å². The quantitative estimate of drug-likeness (QED) is 0.254. The highest BCUT2D eigenvalue weighted by atomic mass is 32.2. The first-order chi connectivity index (χ1) is 21.3. The van der Waals surface area contributed by atoms with E-state index in [9.17, 15) is 22.4 Å². The first-order valence-electron chi connectivity index (χ1n) is 14.9. The topological polar surface area (TPSA) is 105 Å². The third kappa shape index (κ3) is 9.35. The average molecular weight is 626 g/mol. The van der Waals surface area contributed by atoms with Crippen molar-refractivity contribution in [2.45, 2.75) is 50.1 Å². The van der Waals surface area contributed by atoms with Crippen molar-refractivity contribution in [1.29, 1.82) is 0 Å². The summed E-state index contributed by atoms with van der Waals surface area (Å²) in [5.74, 6) is -0.810. The molecule has 3 aromatic rings. The molecule has 0 bridgehead atoms. The second kappa shape index (κ2) is 16.3. The minimum Gasteiger partial charge on any atom is -0.484 e. The van der Waals surface area contributed by atoms with Gasteiger partial charge in [-0.05, 0) is 53.9 Å². The van der Waals surface area contributed by atoms with E-state index >= 15 is 0 Å². The summed E-state index contributed by atoms with van der Waals surface area (Å²) in [4.78, 5) is 28.9. The number of halogens is 1. The van der Waals surface area contributed by atoms with Gasteiger partial charge in [0.25, 0.3) is 5.91 Å². The molecule has 1 aliphatic rings. The van der Waals surface area contributed by atoms with Gasteiger partial charge in [0, 0.05) is 32.6 Å². The lowest BCUT2D eigenvalue weighted by atomic mass is 10.0. The molecule has 1 aliphatic heterocycles. The Balaban J connectivity index is 1.52. The van der Waals surface area contributed by atoms with Crippen LogP contribution in [0.2, 0.25) is 0 Å². The molecule has 1 saturated heterocycles. The molecule has 0 spiro atoms. The molecular formula is C33H40FN3O6S. The number of hydrogen-bond donors (Lipinski definition) is 1. The van der Waals surface area contributed by atoms with Gasteiger partial charge in [-0.15, -0.1) is 0 Å². The normalized spacial score (nSPS) is 14.5. The third-order valence-electron chi connectivity index (χ3n) is 7.41. The molecular weight excluding hydrogens is 585 g/mol. The van der Waals surface area contributed by atoms with Gasteiger partial charge >= 0.3 is 0 Å². The highest BCUT2D eigenvalue weighted by molar-refractivity contribution is 7.89. The lowest BCUT2D eigenvalue weighted by molar-refractivity contribution is -0.142. The molecule has 1 heterocycles. The zero-order valence-electron chi connectivity index (χ0n) is 25.0. The lowest BCUT2D eigenvalue weighted by Gasteiger charge is -2.31. The van der Waals surface area contributed by atoms with E-state index in [-0.39, 0.29) is 43.5 Å². The van der Waals surface area contributed by atoms with E-state index in [0.29, 0.717) is 31.1 Å². The molecule has 1 fully saturated rings. The number of amides is 2. The molecule has 4 rings (SSSR count). The minimum atomic E-state index is -3.67. The Morgan fingerprint density at radius 3 is 2.30 bits per heavy atom. The summed E-state index contributed by atoms with van der Waals surface area (Å²) in [6, 6.07) is 20.3. The van der Waals surface area contributed by atoms with Gasteiger partial charge in [0.1, 0.15) is 17.6 Å². The Morgan fingerprint density at radius 2 is 1.64 bits per heavy atom. The zero-order valence-corrected chi connectivity index (χ0v) is 25.8. The molecule has 0 aliphatic carbocycles. The molecule has 3 aromatic carbocycles. The maximum Gasteiger partial charge on any atom is 0.261 e. The Kier molecular flexibility index (Phi) is 12.3. The van der Waals surface area contributed by atoms with Crippen LogP contribution in [-0.2, 0) is 37.3 Å². The van der Waals surface area contributed by atoms with E-state index in [4.69, 9.17) is 9.47 Å². The van der Waals surface area contributed by atoms with Crippen LogP contribution in [0.4, 0.5) is 4.39 Å². The van der Waals surface area contributed by atoms with Crippen LogP contribution in [0.25, 0.3) is 0 Å². The number of carbonyl (C=O) groups excluding carboxylic acids is 2. The summed E-state index contributed by atoms with van der Waals surface area (Å²) in [5.41, 5.74) is 1.55. The van der Waals surface area contributed by atoms with E-state index in [1.54, 1.807) is 12.1 Å². The fraction of sp³-hybridized carbons (Fsp3) is 0.394. The van der Waals surface area contributed by atoms with E-state index in [0.717, 1.165) is 24.8 Å². The van der Waals surface area contributed by atoms with Gasteiger partial charge in [-0.1, -0.05) is 62.2 Å². The summed E-state index contributed by atoms with van der Waals surface area (Å²) < 4.78 is 52.0.